The number of rotatable bonds is 1. The van der Waals surface area contributed by atoms with Crippen LogP contribution < -0.4 is 0 Å². The number of hydrogen-bond acceptors (Lipinski definition) is 2. The molecule has 1 aromatic carbocycles. The van der Waals surface area contributed by atoms with E-state index in [9.17, 15) is 4.79 Å². The first-order chi connectivity index (χ1) is 7.53. The molecule has 3 heteroatoms. The summed E-state index contributed by atoms with van der Waals surface area (Å²) in [5.41, 5.74) is 0.632. The second-order valence-corrected chi connectivity index (χ2v) is 4.14. The minimum Gasteiger partial charge on any atom is -0.479 e. The molecule has 0 N–H and O–H groups in total. The van der Waals surface area contributed by atoms with Gasteiger partial charge in [0.15, 0.2) is 11.3 Å². The Morgan fingerprint density at radius 1 is 1.25 bits per heavy atom. The van der Waals surface area contributed by atoms with Gasteiger partial charge in [0.05, 0.1) is 6.57 Å². The number of nitrogens with zero attached hydrogens (tertiary/aromatic N) is 1. The minimum absolute atomic E-state index is 0.0308. The first kappa shape index (κ1) is 10.4. The molecule has 0 amide bonds. The van der Waals surface area contributed by atoms with Crippen LogP contribution >= 0.6 is 0 Å². The van der Waals surface area contributed by atoms with Crippen molar-refractivity contribution < 1.29 is 9.53 Å². The maximum atomic E-state index is 11.6. The maximum Gasteiger partial charge on any atom is 0.202 e. The zero-order valence-corrected chi connectivity index (χ0v) is 9.15. The normalized spacial score (nSPS) is 17.6. The van der Waals surface area contributed by atoms with Crippen molar-refractivity contribution in [3.63, 3.8) is 0 Å². The van der Waals surface area contributed by atoms with Gasteiger partial charge >= 0.3 is 0 Å². The Bertz CT molecular complexity index is 504. The average Bonchev–Trinajstić information content (AvgIpc) is 2.54. The number of ketones is 1. The molecule has 3 nitrogen and oxygen atoms in total. The fraction of sp³-hybridized carbons (Fsp3) is 0.231. The van der Waals surface area contributed by atoms with Crippen molar-refractivity contribution in [3.8, 4) is 0 Å². The molecule has 2 rings (SSSR count). The van der Waals surface area contributed by atoms with Crippen molar-refractivity contribution in [2.24, 2.45) is 0 Å². The van der Waals surface area contributed by atoms with Crippen LogP contribution in [0, 0.1) is 6.57 Å². The Labute approximate surface area is 94.2 Å². The molecule has 80 valence electrons. The van der Waals surface area contributed by atoms with Gasteiger partial charge in [-0.2, -0.15) is 0 Å². The zero-order chi connectivity index (χ0) is 11.8. The van der Waals surface area contributed by atoms with E-state index in [0.29, 0.717) is 11.4 Å². The van der Waals surface area contributed by atoms with Crippen molar-refractivity contribution >= 4 is 17.2 Å². The molecule has 1 aliphatic heterocycles. The first-order valence-corrected chi connectivity index (χ1v) is 4.96. The van der Waals surface area contributed by atoms with E-state index < -0.39 is 5.60 Å². The molecule has 0 aromatic heterocycles. The van der Waals surface area contributed by atoms with Crippen LogP contribution in [0.5, 0.6) is 0 Å². The van der Waals surface area contributed by atoms with Gasteiger partial charge in [-0.25, -0.2) is 4.85 Å². The quantitative estimate of drug-likeness (QED) is 0.671. The van der Waals surface area contributed by atoms with Crippen molar-refractivity contribution in [1.29, 1.82) is 0 Å². The highest BCUT2D eigenvalue weighted by atomic mass is 16.5. The number of hydrogen-bond donors (Lipinski definition) is 0. The van der Waals surface area contributed by atoms with Crippen LogP contribution in [0.25, 0.3) is 10.6 Å². The molecule has 1 aliphatic rings. The molecule has 0 spiro atoms. The fourth-order valence-electron chi connectivity index (χ4n) is 1.49. The maximum absolute atomic E-state index is 11.6. The Balaban J connectivity index is 2.31. The molecular weight excluding hydrogens is 202 g/mol. The number of carbonyl (C=O) groups excluding carboxylic acids is 1. The molecule has 0 saturated carbocycles. The van der Waals surface area contributed by atoms with Crippen molar-refractivity contribution in [3.05, 3.63) is 47.3 Å². The van der Waals surface area contributed by atoms with Crippen LogP contribution in [0.4, 0.5) is 5.69 Å². The SMILES string of the molecule is [C-]#[N+]c1ccc(C2=CC(=O)C(C)(C)O2)cc1. The van der Waals surface area contributed by atoms with Crippen LogP contribution in [0.2, 0.25) is 0 Å². The Morgan fingerprint density at radius 2 is 1.88 bits per heavy atom. The van der Waals surface area contributed by atoms with Gasteiger partial charge in [-0.3, -0.25) is 4.79 Å². The molecule has 0 bridgehead atoms. The summed E-state index contributed by atoms with van der Waals surface area (Å²) in [6.45, 7) is 10.3. The summed E-state index contributed by atoms with van der Waals surface area (Å²) < 4.78 is 5.55. The number of benzene rings is 1. The van der Waals surface area contributed by atoms with Crippen LogP contribution in [0.1, 0.15) is 19.4 Å². The average molecular weight is 213 g/mol. The summed E-state index contributed by atoms with van der Waals surface area (Å²) in [5.74, 6) is 0.545. The molecule has 0 atom stereocenters. The lowest BCUT2D eigenvalue weighted by Crippen LogP contribution is -2.27. The second-order valence-electron chi connectivity index (χ2n) is 4.14. The Hall–Kier alpha value is -2.08. The standard InChI is InChI=1S/C13H11NO2/c1-13(2)12(15)8-11(16-13)9-4-6-10(14-3)7-5-9/h4-8H,1-2H3. The minimum atomic E-state index is -0.770. The summed E-state index contributed by atoms with van der Waals surface area (Å²) in [7, 11) is 0. The predicted octanol–water partition coefficient (Wildman–Crippen LogP) is 2.96. The fourth-order valence-corrected chi connectivity index (χ4v) is 1.49. The topological polar surface area (TPSA) is 30.7 Å². The number of carbonyl (C=O) groups is 1. The Morgan fingerprint density at radius 3 is 2.31 bits per heavy atom. The molecule has 0 radical (unpaired) electrons. The third-order valence-corrected chi connectivity index (χ3v) is 2.50. The molecular formula is C13H11NO2. The summed E-state index contributed by atoms with van der Waals surface area (Å²) in [6.07, 6.45) is 1.51. The third kappa shape index (κ3) is 1.70. The molecule has 0 unspecified atom stereocenters. The van der Waals surface area contributed by atoms with E-state index in [0.717, 1.165) is 5.56 Å². The molecule has 16 heavy (non-hydrogen) atoms. The van der Waals surface area contributed by atoms with Crippen molar-refractivity contribution in [2.45, 2.75) is 19.4 Å². The van der Waals surface area contributed by atoms with Crippen LogP contribution in [0.15, 0.2) is 30.3 Å². The molecule has 1 aromatic rings. The zero-order valence-electron chi connectivity index (χ0n) is 9.15. The van der Waals surface area contributed by atoms with Gasteiger partial charge in [0.25, 0.3) is 0 Å². The molecule has 1 heterocycles. The lowest BCUT2D eigenvalue weighted by molar-refractivity contribution is -0.125. The molecule has 0 aliphatic carbocycles. The summed E-state index contributed by atoms with van der Waals surface area (Å²) in [4.78, 5) is 14.9. The number of ether oxygens (including phenoxy) is 1. The van der Waals surface area contributed by atoms with E-state index in [1.54, 1.807) is 38.1 Å². The third-order valence-electron chi connectivity index (χ3n) is 2.50. The summed E-state index contributed by atoms with van der Waals surface area (Å²) >= 11 is 0. The van der Waals surface area contributed by atoms with Gasteiger partial charge in [-0.15, -0.1) is 0 Å². The van der Waals surface area contributed by atoms with Crippen molar-refractivity contribution in [1.82, 2.24) is 0 Å². The predicted molar refractivity (Wildman–Crippen MR) is 60.9 cm³/mol. The lowest BCUT2D eigenvalue weighted by Gasteiger charge is -2.17. The summed E-state index contributed by atoms with van der Waals surface area (Å²) in [6, 6.07) is 6.99. The van der Waals surface area contributed by atoms with E-state index in [1.165, 1.54) is 6.08 Å². The van der Waals surface area contributed by atoms with E-state index in [1.807, 2.05) is 0 Å². The van der Waals surface area contributed by atoms with Gasteiger partial charge in [0.1, 0.15) is 5.76 Å². The van der Waals surface area contributed by atoms with E-state index in [4.69, 9.17) is 11.3 Å². The smallest absolute Gasteiger partial charge is 0.202 e. The van der Waals surface area contributed by atoms with E-state index in [-0.39, 0.29) is 5.78 Å². The van der Waals surface area contributed by atoms with Gasteiger partial charge in [-0.05, 0) is 13.8 Å². The highest BCUT2D eigenvalue weighted by molar-refractivity contribution is 6.04. The second kappa shape index (κ2) is 3.49. The van der Waals surface area contributed by atoms with Gasteiger partial charge < -0.3 is 4.74 Å². The van der Waals surface area contributed by atoms with Gasteiger partial charge in [0, 0.05) is 11.6 Å². The lowest BCUT2D eigenvalue weighted by atomic mass is 10.1. The van der Waals surface area contributed by atoms with Crippen LogP contribution in [-0.2, 0) is 9.53 Å². The van der Waals surface area contributed by atoms with Gasteiger partial charge in [-0.1, -0.05) is 24.3 Å². The largest absolute Gasteiger partial charge is 0.479 e. The highest BCUT2D eigenvalue weighted by Gasteiger charge is 2.35. The first-order valence-electron chi connectivity index (χ1n) is 4.96. The van der Waals surface area contributed by atoms with Crippen molar-refractivity contribution in [2.75, 3.05) is 0 Å². The monoisotopic (exact) mass is 213 g/mol. The Kier molecular flexibility index (Phi) is 2.28. The van der Waals surface area contributed by atoms with Crippen LogP contribution in [-0.4, -0.2) is 11.4 Å². The van der Waals surface area contributed by atoms with E-state index in [2.05, 4.69) is 4.85 Å². The van der Waals surface area contributed by atoms with Crippen LogP contribution in [0.3, 0.4) is 0 Å². The summed E-state index contributed by atoms with van der Waals surface area (Å²) in [5, 5.41) is 0. The van der Waals surface area contributed by atoms with E-state index >= 15 is 0 Å². The molecule has 0 fully saturated rings. The highest BCUT2D eigenvalue weighted by Crippen LogP contribution is 2.31. The molecule has 0 saturated heterocycles. The van der Waals surface area contributed by atoms with Gasteiger partial charge in [0.2, 0.25) is 5.78 Å².